The van der Waals surface area contributed by atoms with Crippen molar-refractivity contribution in [3.05, 3.63) is 11.6 Å². The molecule has 0 spiro atoms. The summed E-state index contributed by atoms with van der Waals surface area (Å²) in [6.07, 6.45) is 12.9. The topological polar surface area (TPSA) is 56.7 Å². The highest BCUT2D eigenvalue weighted by atomic mass is 127. The van der Waals surface area contributed by atoms with Crippen LogP contribution in [-0.2, 0) is 4.79 Å². The van der Waals surface area contributed by atoms with E-state index in [0.717, 1.165) is 51.3 Å². The Hall–Kier alpha value is -0.790. The number of nitrogens with one attached hydrogen (secondary N) is 2. The van der Waals surface area contributed by atoms with E-state index in [0.29, 0.717) is 17.9 Å². The van der Waals surface area contributed by atoms with Crippen molar-refractivity contribution >= 4 is 35.8 Å². The third-order valence-corrected chi connectivity index (χ3v) is 5.64. The first-order valence-electron chi connectivity index (χ1n) is 9.70. The fraction of sp³-hybridized carbons (Fsp3) is 0.789. The molecule has 5 nitrogen and oxygen atoms in total. The summed E-state index contributed by atoms with van der Waals surface area (Å²) >= 11 is 0. The Bertz CT molecular complexity index is 500. The molecular formula is C19H33IN4O. The van der Waals surface area contributed by atoms with E-state index < -0.39 is 0 Å². The van der Waals surface area contributed by atoms with Gasteiger partial charge in [-0.3, -0.25) is 9.79 Å². The SMILES string of the molecule is CN=C(NCCC1=CCCC1)NC1CCN(C(=O)C2CCCC2)C1.I. The molecule has 1 heterocycles. The molecular weight excluding hydrogens is 427 g/mol. The average molecular weight is 460 g/mol. The summed E-state index contributed by atoms with van der Waals surface area (Å²) in [7, 11) is 1.82. The van der Waals surface area contributed by atoms with E-state index in [1.807, 2.05) is 7.05 Å². The molecule has 142 valence electrons. The number of carbonyl (C=O) groups excluding carboxylic acids is 1. The number of amides is 1. The molecule has 3 rings (SSSR count). The molecule has 1 amide bonds. The molecule has 1 atom stereocenters. The molecule has 0 aromatic rings. The largest absolute Gasteiger partial charge is 0.356 e. The number of hydrogen-bond donors (Lipinski definition) is 2. The number of guanidine groups is 1. The van der Waals surface area contributed by atoms with E-state index in [9.17, 15) is 4.79 Å². The Morgan fingerprint density at radius 1 is 1.28 bits per heavy atom. The first-order valence-corrected chi connectivity index (χ1v) is 9.70. The van der Waals surface area contributed by atoms with Crippen LogP contribution < -0.4 is 10.6 Å². The van der Waals surface area contributed by atoms with Crippen LogP contribution in [0.4, 0.5) is 0 Å². The summed E-state index contributed by atoms with van der Waals surface area (Å²) in [5.41, 5.74) is 1.58. The van der Waals surface area contributed by atoms with Gasteiger partial charge in [-0.1, -0.05) is 24.5 Å². The number of halogens is 1. The average Bonchev–Trinajstić information content (AvgIpc) is 3.34. The predicted molar refractivity (Wildman–Crippen MR) is 113 cm³/mol. The van der Waals surface area contributed by atoms with Crippen LogP contribution in [0, 0.1) is 5.92 Å². The van der Waals surface area contributed by atoms with E-state index in [1.165, 1.54) is 32.1 Å². The monoisotopic (exact) mass is 460 g/mol. The van der Waals surface area contributed by atoms with E-state index >= 15 is 0 Å². The van der Waals surface area contributed by atoms with E-state index in [2.05, 4.69) is 26.6 Å². The minimum atomic E-state index is 0. The van der Waals surface area contributed by atoms with Crippen molar-refractivity contribution in [2.45, 2.75) is 63.8 Å². The summed E-state index contributed by atoms with van der Waals surface area (Å²) in [6.45, 7) is 2.64. The lowest BCUT2D eigenvalue weighted by Gasteiger charge is -2.21. The molecule has 0 aromatic heterocycles. The smallest absolute Gasteiger partial charge is 0.225 e. The zero-order valence-electron chi connectivity index (χ0n) is 15.4. The number of allylic oxidation sites excluding steroid dienone is 1. The third kappa shape index (κ3) is 5.86. The second kappa shape index (κ2) is 10.4. The predicted octanol–water partition coefficient (Wildman–Crippen LogP) is 3.06. The zero-order chi connectivity index (χ0) is 16.8. The van der Waals surface area contributed by atoms with Gasteiger partial charge in [0, 0.05) is 38.6 Å². The van der Waals surface area contributed by atoms with Crippen molar-refractivity contribution in [2.24, 2.45) is 10.9 Å². The lowest BCUT2D eigenvalue weighted by atomic mass is 10.1. The van der Waals surface area contributed by atoms with Crippen molar-refractivity contribution in [1.29, 1.82) is 0 Å². The maximum Gasteiger partial charge on any atom is 0.225 e. The van der Waals surface area contributed by atoms with Crippen LogP contribution >= 0.6 is 24.0 Å². The fourth-order valence-corrected chi connectivity index (χ4v) is 4.20. The molecule has 2 aliphatic carbocycles. The summed E-state index contributed by atoms with van der Waals surface area (Å²) in [5.74, 6) is 1.54. The van der Waals surface area contributed by atoms with Gasteiger partial charge in [-0.2, -0.15) is 0 Å². The minimum absolute atomic E-state index is 0. The molecule has 0 bridgehead atoms. The molecule has 0 aromatic carbocycles. The van der Waals surface area contributed by atoms with Crippen LogP contribution in [0.2, 0.25) is 0 Å². The molecule has 1 saturated carbocycles. The standard InChI is InChI=1S/C19H32N4O.HI/c1-20-19(21-12-10-15-6-2-3-7-15)22-17-11-13-23(14-17)18(24)16-8-4-5-9-16;/h6,16-17H,2-5,7-14H2,1H3,(H2,20,21,22);1H. The maximum atomic E-state index is 12.5. The molecule has 6 heteroatoms. The summed E-state index contributed by atoms with van der Waals surface area (Å²) < 4.78 is 0. The van der Waals surface area contributed by atoms with Gasteiger partial charge in [0.05, 0.1) is 0 Å². The molecule has 1 saturated heterocycles. The lowest BCUT2D eigenvalue weighted by Crippen LogP contribution is -2.45. The number of carbonyl (C=O) groups is 1. The molecule has 25 heavy (non-hydrogen) atoms. The molecule has 0 radical (unpaired) electrons. The molecule has 2 fully saturated rings. The quantitative estimate of drug-likeness (QED) is 0.287. The van der Waals surface area contributed by atoms with Gasteiger partial charge in [0.2, 0.25) is 5.91 Å². The summed E-state index contributed by atoms with van der Waals surface area (Å²) in [5, 5.41) is 6.91. The van der Waals surface area contributed by atoms with Crippen LogP contribution in [-0.4, -0.2) is 49.5 Å². The van der Waals surface area contributed by atoms with Crippen LogP contribution in [0.3, 0.4) is 0 Å². The van der Waals surface area contributed by atoms with Gasteiger partial charge in [0.1, 0.15) is 0 Å². The summed E-state index contributed by atoms with van der Waals surface area (Å²) in [4.78, 5) is 18.9. The Morgan fingerprint density at radius 3 is 2.76 bits per heavy atom. The normalized spacial score (nSPS) is 24.2. The lowest BCUT2D eigenvalue weighted by molar-refractivity contribution is -0.134. The van der Waals surface area contributed by atoms with Crippen molar-refractivity contribution in [1.82, 2.24) is 15.5 Å². The highest BCUT2D eigenvalue weighted by molar-refractivity contribution is 14.0. The van der Waals surface area contributed by atoms with Gasteiger partial charge in [-0.05, 0) is 44.9 Å². The number of hydrogen-bond acceptors (Lipinski definition) is 2. The number of aliphatic imine (C=N–C) groups is 1. The molecule has 3 aliphatic rings. The van der Waals surface area contributed by atoms with Gasteiger partial charge in [-0.25, -0.2) is 0 Å². The van der Waals surface area contributed by atoms with Gasteiger partial charge < -0.3 is 15.5 Å². The Morgan fingerprint density at radius 2 is 2.08 bits per heavy atom. The first-order chi connectivity index (χ1) is 11.8. The number of likely N-dealkylation sites (tertiary alicyclic amines) is 1. The van der Waals surface area contributed by atoms with Crippen LogP contribution in [0.5, 0.6) is 0 Å². The van der Waals surface area contributed by atoms with E-state index in [4.69, 9.17) is 0 Å². The van der Waals surface area contributed by atoms with Crippen molar-refractivity contribution in [3.8, 4) is 0 Å². The summed E-state index contributed by atoms with van der Waals surface area (Å²) in [6, 6.07) is 0.326. The Balaban J connectivity index is 0.00000225. The van der Waals surface area contributed by atoms with Crippen molar-refractivity contribution < 1.29 is 4.79 Å². The van der Waals surface area contributed by atoms with Gasteiger partial charge in [-0.15, -0.1) is 24.0 Å². The van der Waals surface area contributed by atoms with Crippen molar-refractivity contribution in [2.75, 3.05) is 26.7 Å². The van der Waals surface area contributed by atoms with Crippen LogP contribution in [0.15, 0.2) is 16.6 Å². The second-order valence-corrected chi connectivity index (χ2v) is 7.40. The highest BCUT2D eigenvalue weighted by Gasteiger charge is 2.32. The Kier molecular flexibility index (Phi) is 8.52. The van der Waals surface area contributed by atoms with Crippen molar-refractivity contribution in [3.63, 3.8) is 0 Å². The zero-order valence-corrected chi connectivity index (χ0v) is 17.8. The van der Waals surface area contributed by atoms with E-state index in [-0.39, 0.29) is 24.0 Å². The third-order valence-electron chi connectivity index (χ3n) is 5.64. The highest BCUT2D eigenvalue weighted by Crippen LogP contribution is 2.27. The first kappa shape index (κ1) is 20.5. The molecule has 2 N–H and O–H groups in total. The minimum Gasteiger partial charge on any atom is -0.356 e. The fourth-order valence-electron chi connectivity index (χ4n) is 4.20. The van der Waals surface area contributed by atoms with Crippen LogP contribution in [0.25, 0.3) is 0 Å². The second-order valence-electron chi connectivity index (χ2n) is 7.40. The Labute approximate surface area is 169 Å². The van der Waals surface area contributed by atoms with Crippen LogP contribution in [0.1, 0.15) is 57.8 Å². The number of rotatable bonds is 5. The van der Waals surface area contributed by atoms with Gasteiger partial charge >= 0.3 is 0 Å². The van der Waals surface area contributed by atoms with Gasteiger partial charge in [0.25, 0.3) is 0 Å². The van der Waals surface area contributed by atoms with Gasteiger partial charge in [0.15, 0.2) is 5.96 Å². The van der Waals surface area contributed by atoms with E-state index in [1.54, 1.807) is 5.57 Å². The number of nitrogens with zero attached hydrogens (tertiary/aromatic N) is 2. The molecule has 1 aliphatic heterocycles. The molecule has 1 unspecified atom stereocenters. The maximum absolute atomic E-state index is 12.5.